The first-order chi connectivity index (χ1) is 8.19. The van der Waals surface area contributed by atoms with Crippen molar-refractivity contribution in [3.63, 3.8) is 0 Å². The Bertz CT molecular complexity index is 482. The van der Waals surface area contributed by atoms with Crippen molar-refractivity contribution in [3.05, 3.63) is 35.4 Å². The summed E-state index contributed by atoms with van der Waals surface area (Å²) >= 11 is 0. The fourth-order valence-corrected chi connectivity index (χ4v) is 2.17. The zero-order chi connectivity index (χ0) is 13.7. The van der Waals surface area contributed by atoms with Gasteiger partial charge >= 0.3 is 11.8 Å². The van der Waals surface area contributed by atoms with Crippen LogP contribution in [0, 0.1) is 6.92 Å². The van der Waals surface area contributed by atoms with Crippen LogP contribution in [0.1, 0.15) is 17.2 Å². The molecule has 98 valence electrons. The van der Waals surface area contributed by atoms with Crippen LogP contribution in [0.5, 0.6) is 0 Å². The SMILES string of the molecule is Cc1ccc([C@@H]2N(C)C(=O)[C@]2(F)C(F)(F)F)cc1. The van der Waals surface area contributed by atoms with Crippen molar-refractivity contribution in [2.24, 2.45) is 0 Å². The number of aryl methyl sites for hydroxylation is 1. The second kappa shape index (κ2) is 3.70. The lowest BCUT2D eigenvalue weighted by Crippen LogP contribution is -2.70. The molecule has 0 aliphatic carbocycles. The predicted molar refractivity (Wildman–Crippen MR) is 56.6 cm³/mol. The van der Waals surface area contributed by atoms with Gasteiger partial charge in [-0.2, -0.15) is 13.2 Å². The van der Waals surface area contributed by atoms with Crippen molar-refractivity contribution >= 4 is 5.91 Å². The van der Waals surface area contributed by atoms with E-state index in [2.05, 4.69) is 0 Å². The molecule has 1 aromatic carbocycles. The standard InChI is InChI=1S/C12H11F4NO/c1-7-3-5-8(6-4-7)9-11(13,12(14,15)16)10(18)17(9)2/h3-6,9H,1-2H3/t9-,11-/m0/s1. The quantitative estimate of drug-likeness (QED) is 0.562. The van der Waals surface area contributed by atoms with Gasteiger partial charge in [-0.25, -0.2) is 4.39 Å². The molecule has 0 aromatic heterocycles. The van der Waals surface area contributed by atoms with Crippen molar-refractivity contribution in [2.75, 3.05) is 7.05 Å². The summed E-state index contributed by atoms with van der Waals surface area (Å²) in [6.07, 6.45) is -5.20. The molecule has 2 nitrogen and oxygen atoms in total. The van der Waals surface area contributed by atoms with Gasteiger partial charge in [-0.3, -0.25) is 4.79 Å². The summed E-state index contributed by atoms with van der Waals surface area (Å²) in [4.78, 5) is 12.0. The molecule has 0 N–H and O–H groups in total. The van der Waals surface area contributed by atoms with Gasteiger partial charge < -0.3 is 4.90 Å². The molecule has 0 spiro atoms. The normalized spacial score (nSPS) is 28.2. The molecular weight excluding hydrogens is 250 g/mol. The molecule has 0 saturated carbocycles. The van der Waals surface area contributed by atoms with Crippen LogP contribution in [0.25, 0.3) is 0 Å². The van der Waals surface area contributed by atoms with Crippen molar-refractivity contribution in [2.45, 2.75) is 24.8 Å². The molecule has 1 fully saturated rings. The van der Waals surface area contributed by atoms with Gasteiger partial charge in [0.15, 0.2) is 0 Å². The van der Waals surface area contributed by atoms with Crippen LogP contribution in [0.2, 0.25) is 0 Å². The first kappa shape index (κ1) is 12.9. The number of hydrogen-bond acceptors (Lipinski definition) is 1. The van der Waals surface area contributed by atoms with Gasteiger partial charge in [0.25, 0.3) is 5.91 Å². The number of halogens is 4. The number of carbonyl (C=O) groups excluding carboxylic acids is 1. The number of amides is 1. The molecule has 0 radical (unpaired) electrons. The Balaban J connectivity index is 2.43. The van der Waals surface area contributed by atoms with E-state index in [0.29, 0.717) is 0 Å². The molecule has 2 rings (SSSR count). The second-order valence-electron chi connectivity index (χ2n) is 4.44. The fourth-order valence-electron chi connectivity index (χ4n) is 2.17. The van der Waals surface area contributed by atoms with Crippen LogP contribution >= 0.6 is 0 Å². The van der Waals surface area contributed by atoms with Gasteiger partial charge in [0, 0.05) is 7.05 Å². The highest BCUT2D eigenvalue weighted by atomic mass is 19.4. The predicted octanol–water partition coefficient (Wildman–Crippen LogP) is 2.78. The minimum Gasteiger partial charge on any atom is -0.331 e. The van der Waals surface area contributed by atoms with E-state index in [0.717, 1.165) is 17.5 Å². The molecule has 2 atom stereocenters. The summed E-state index contributed by atoms with van der Waals surface area (Å²) in [7, 11) is 1.16. The van der Waals surface area contributed by atoms with E-state index < -0.39 is 23.8 Å². The lowest BCUT2D eigenvalue weighted by molar-refractivity contribution is -0.274. The number of nitrogens with zero attached hydrogens (tertiary/aromatic N) is 1. The Morgan fingerprint density at radius 1 is 1.22 bits per heavy atom. The van der Waals surface area contributed by atoms with E-state index in [1.54, 1.807) is 19.1 Å². The molecule has 1 saturated heterocycles. The van der Waals surface area contributed by atoms with Crippen LogP contribution in [0.3, 0.4) is 0 Å². The van der Waals surface area contributed by atoms with Crippen LogP contribution in [0.4, 0.5) is 17.6 Å². The molecule has 18 heavy (non-hydrogen) atoms. The summed E-state index contributed by atoms with van der Waals surface area (Å²) in [5.74, 6) is -1.54. The number of likely N-dealkylation sites (tertiary alicyclic amines) is 1. The molecule has 0 bridgehead atoms. The molecule has 1 heterocycles. The molecule has 1 aliphatic rings. The third-order valence-corrected chi connectivity index (χ3v) is 3.20. The number of β-lactam (4-membered cyclic amide) rings is 1. The largest absolute Gasteiger partial charge is 0.434 e. The Morgan fingerprint density at radius 3 is 2.17 bits per heavy atom. The van der Waals surface area contributed by atoms with Crippen molar-refractivity contribution in [1.82, 2.24) is 4.90 Å². The molecule has 0 unspecified atom stereocenters. The number of benzene rings is 1. The van der Waals surface area contributed by atoms with Crippen molar-refractivity contribution < 1.29 is 22.4 Å². The first-order valence-electron chi connectivity index (χ1n) is 5.29. The summed E-state index contributed by atoms with van der Waals surface area (Å²) < 4.78 is 52.1. The maximum absolute atomic E-state index is 14.0. The Morgan fingerprint density at radius 2 is 1.72 bits per heavy atom. The molecule has 1 aliphatic heterocycles. The highest BCUT2D eigenvalue weighted by molar-refractivity contribution is 5.94. The maximum Gasteiger partial charge on any atom is 0.434 e. The first-order valence-corrected chi connectivity index (χ1v) is 5.29. The molecule has 1 amide bonds. The van der Waals surface area contributed by atoms with E-state index in [9.17, 15) is 22.4 Å². The van der Waals surface area contributed by atoms with Gasteiger partial charge in [-0.15, -0.1) is 0 Å². The average molecular weight is 261 g/mol. The molecular formula is C12H11F4NO. The lowest BCUT2D eigenvalue weighted by atomic mass is 9.79. The summed E-state index contributed by atoms with van der Waals surface area (Å²) in [6, 6.07) is 4.38. The minimum absolute atomic E-state index is 0.141. The Labute approximate surface area is 101 Å². The topological polar surface area (TPSA) is 20.3 Å². The van der Waals surface area contributed by atoms with Crippen molar-refractivity contribution in [3.8, 4) is 0 Å². The lowest BCUT2D eigenvalue weighted by Gasteiger charge is -2.49. The van der Waals surface area contributed by atoms with Gasteiger partial charge in [0.1, 0.15) is 6.04 Å². The molecule has 1 aromatic rings. The third kappa shape index (κ3) is 1.51. The molecule has 6 heteroatoms. The Hall–Kier alpha value is -1.59. The minimum atomic E-state index is -5.20. The van der Waals surface area contributed by atoms with Crippen LogP contribution in [-0.2, 0) is 4.79 Å². The smallest absolute Gasteiger partial charge is 0.331 e. The van der Waals surface area contributed by atoms with E-state index in [-0.39, 0.29) is 5.56 Å². The third-order valence-electron chi connectivity index (χ3n) is 3.20. The maximum atomic E-state index is 14.0. The summed E-state index contributed by atoms with van der Waals surface area (Å²) in [5, 5.41) is 0. The van der Waals surface area contributed by atoms with Gasteiger partial charge in [-0.05, 0) is 12.5 Å². The van der Waals surface area contributed by atoms with Crippen molar-refractivity contribution in [1.29, 1.82) is 0 Å². The van der Waals surface area contributed by atoms with Crippen LogP contribution < -0.4 is 0 Å². The second-order valence-corrected chi connectivity index (χ2v) is 4.44. The van der Waals surface area contributed by atoms with Gasteiger partial charge in [0.05, 0.1) is 0 Å². The van der Waals surface area contributed by atoms with E-state index in [1.165, 1.54) is 12.1 Å². The number of alkyl halides is 4. The summed E-state index contributed by atoms with van der Waals surface area (Å²) in [5.41, 5.74) is -2.82. The average Bonchev–Trinajstić information content (AvgIpc) is 2.29. The fraction of sp³-hybridized carbons (Fsp3) is 0.417. The van der Waals surface area contributed by atoms with Crippen LogP contribution in [0.15, 0.2) is 24.3 Å². The highest BCUT2D eigenvalue weighted by Gasteiger charge is 2.75. The zero-order valence-electron chi connectivity index (χ0n) is 9.75. The summed E-state index contributed by atoms with van der Waals surface area (Å²) in [6.45, 7) is 1.77. The number of rotatable bonds is 1. The number of hydrogen-bond donors (Lipinski definition) is 0. The monoisotopic (exact) mass is 261 g/mol. The highest BCUT2D eigenvalue weighted by Crippen LogP contribution is 2.53. The van der Waals surface area contributed by atoms with E-state index >= 15 is 0 Å². The van der Waals surface area contributed by atoms with E-state index in [1.807, 2.05) is 0 Å². The zero-order valence-corrected chi connectivity index (χ0v) is 9.75. The van der Waals surface area contributed by atoms with Gasteiger partial charge in [0.2, 0.25) is 0 Å². The van der Waals surface area contributed by atoms with Crippen LogP contribution in [-0.4, -0.2) is 29.7 Å². The Kier molecular flexibility index (Phi) is 2.64. The van der Waals surface area contributed by atoms with E-state index in [4.69, 9.17) is 0 Å². The number of carbonyl (C=O) groups is 1. The van der Waals surface area contributed by atoms with Gasteiger partial charge in [-0.1, -0.05) is 29.8 Å².